The quantitative estimate of drug-likeness (QED) is 0.722. The molecule has 1 aliphatic heterocycles. The largest absolute Gasteiger partial charge is 0.342 e. The first-order valence-electron chi connectivity index (χ1n) is 8.69. The van der Waals surface area contributed by atoms with E-state index in [-0.39, 0.29) is 11.8 Å². The van der Waals surface area contributed by atoms with E-state index in [1.165, 1.54) is 4.88 Å². The minimum atomic E-state index is 0.228. The molecule has 25 heavy (non-hydrogen) atoms. The highest BCUT2D eigenvalue weighted by molar-refractivity contribution is 7.09. The molecule has 1 aliphatic rings. The SMILES string of the molecule is Cc1ncsc1CCC(=O)N1CCCC(c2nnc3ccccn23)C1. The van der Waals surface area contributed by atoms with Crippen LogP contribution in [0.3, 0.4) is 0 Å². The fourth-order valence-electron chi connectivity index (χ4n) is 3.50. The fraction of sp³-hybridized carbons (Fsp3) is 0.444. The van der Waals surface area contributed by atoms with E-state index < -0.39 is 0 Å². The highest BCUT2D eigenvalue weighted by Gasteiger charge is 2.27. The van der Waals surface area contributed by atoms with Crippen LogP contribution in [0.1, 0.15) is 41.6 Å². The number of pyridine rings is 1. The molecule has 130 valence electrons. The van der Waals surface area contributed by atoms with Crippen LogP contribution in [0.2, 0.25) is 0 Å². The molecule has 6 nitrogen and oxygen atoms in total. The second-order valence-electron chi connectivity index (χ2n) is 6.53. The molecular weight excluding hydrogens is 334 g/mol. The zero-order chi connectivity index (χ0) is 17.2. The maximum absolute atomic E-state index is 12.7. The number of rotatable bonds is 4. The number of likely N-dealkylation sites (tertiary alicyclic amines) is 1. The molecule has 3 aromatic rings. The number of hydrogen-bond acceptors (Lipinski definition) is 5. The molecule has 0 radical (unpaired) electrons. The van der Waals surface area contributed by atoms with E-state index in [1.807, 2.05) is 46.1 Å². The summed E-state index contributed by atoms with van der Waals surface area (Å²) in [5, 5.41) is 8.63. The Kier molecular flexibility index (Phi) is 4.48. The van der Waals surface area contributed by atoms with Crippen molar-refractivity contribution in [2.24, 2.45) is 0 Å². The smallest absolute Gasteiger partial charge is 0.222 e. The number of hydrogen-bond donors (Lipinski definition) is 0. The van der Waals surface area contributed by atoms with Gasteiger partial charge in [0.1, 0.15) is 5.82 Å². The summed E-state index contributed by atoms with van der Waals surface area (Å²) in [5.41, 5.74) is 3.76. The number of aryl methyl sites for hydroxylation is 2. The van der Waals surface area contributed by atoms with E-state index in [0.717, 1.165) is 49.5 Å². The second-order valence-corrected chi connectivity index (χ2v) is 7.47. The van der Waals surface area contributed by atoms with Gasteiger partial charge in [-0.05, 0) is 38.3 Å². The van der Waals surface area contributed by atoms with Crippen molar-refractivity contribution >= 4 is 22.9 Å². The van der Waals surface area contributed by atoms with Crippen molar-refractivity contribution in [3.05, 3.63) is 46.3 Å². The van der Waals surface area contributed by atoms with Gasteiger partial charge < -0.3 is 4.90 Å². The van der Waals surface area contributed by atoms with Crippen molar-refractivity contribution < 1.29 is 4.79 Å². The van der Waals surface area contributed by atoms with Gasteiger partial charge in [-0.15, -0.1) is 21.5 Å². The van der Waals surface area contributed by atoms with Crippen LogP contribution < -0.4 is 0 Å². The van der Waals surface area contributed by atoms with Crippen molar-refractivity contribution in [1.29, 1.82) is 0 Å². The van der Waals surface area contributed by atoms with Crippen molar-refractivity contribution in [3.8, 4) is 0 Å². The van der Waals surface area contributed by atoms with Gasteiger partial charge in [0, 0.05) is 36.5 Å². The van der Waals surface area contributed by atoms with Crippen LogP contribution in [0.5, 0.6) is 0 Å². The highest BCUT2D eigenvalue weighted by atomic mass is 32.1. The number of nitrogens with zero attached hydrogens (tertiary/aromatic N) is 5. The summed E-state index contributed by atoms with van der Waals surface area (Å²) in [6.45, 7) is 3.58. The number of aromatic nitrogens is 4. The van der Waals surface area contributed by atoms with Gasteiger partial charge in [0.2, 0.25) is 5.91 Å². The summed E-state index contributed by atoms with van der Waals surface area (Å²) in [4.78, 5) is 20.1. The van der Waals surface area contributed by atoms with Crippen molar-refractivity contribution in [3.63, 3.8) is 0 Å². The van der Waals surface area contributed by atoms with E-state index in [9.17, 15) is 4.79 Å². The van der Waals surface area contributed by atoms with E-state index >= 15 is 0 Å². The third-order valence-electron chi connectivity index (χ3n) is 4.89. The first-order valence-corrected chi connectivity index (χ1v) is 9.57. The number of piperidine rings is 1. The summed E-state index contributed by atoms with van der Waals surface area (Å²) in [6.07, 6.45) is 5.39. The van der Waals surface area contributed by atoms with Gasteiger partial charge in [0.05, 0.1) is 11.2 Å². The predicted molar refractivity (Wildman–Crippen MR) is 96.7 cm³/mol. The number of fused-ring (bicyclic) bond motifs is 1. The molecule has 1 amide bonds. The molecule has 0 bridgehead atoms. The zero-order valence-electron chi connectivity index (χ0n) is 14.3. The molecule has 4 heterocycles. The Morgan fingerprint density at radius 3 is 3.12 bits per heavy atom. The van der Waals surface area contributed by atoms with E-state index in [4.69, 9.17) is 0 Å². The maximum Gasteiger partial charge on any atom is 0.222 e. The Morgan fingerprint density at radius 2 is 2.28 bits per heavy atom. The molecule has 0 aromatic carbocycles. The Balaban J connectivity index is 1.44. The summed E-state index contributed by atoms with van der Waals surface area (Å²) in [6, 6.07) is 5.91. The Labute approximate surface area is 150 Å². The lowest BCUT2D eigenvalue weighted by atomic mass is 9.96. The number of carbonyl (C=O) groups is 1. The normalized spacial score (nSPS) is 18.0. The van der Waals surface area contributed by atoms with Crippen LogP contribution in [-0.2, 0) is 11.2 Å². The Bertz CT molecular complexity index is 886. The van der Waals surface area contributed by atoms with Crippen LogP contribution in [-0.4, -0.2) is 43.5 Å². The topological polar surface area (TPSA) is 63.4 Å². The lowest BCUT2D eigenvalue weighted by Crippen LogP contribution is -2.39. The number of carbonyl (C=O) groups excluding carboxylic acids is 1. The van der Waals surface area contributed by atoms with Gasteiger partial charge in [-0.3, -0.25) is 9.20 Å². The van der Waals surface area contributed by atoms with Crippen LogP contribution in [0, 0.1) is 6.92 Å². The first-order chi connectivity index (χ1) is 12.2. The molecular formula is C18H21N5OS. The summed E-state index contributed by atoms with van der Waals surface area (Å²) >= 11 is 1.63. The van der Waals surface area contributed by atoms with Gasteiger partial charge in [-0.1, -0.05) is 6.07 Å². The van der Waals surface area contributed by atoms with Crippen LogP contribution in [0.4, 0.5) is 0 Å². The van der Waals surface area contributed by atoms with Crippen LogP contribution in [0.15, 0.2) is 29.9 Å². The van der Waals surface area contributed by atoms with E-state index in [0.29, 0.717) is 6.42 Å². The fourth-order valence-corrected chi connectivity index (χ4v) is 4.28. The highest BCUT2D eigenvalue weighted by Crippen LogP contribution is 2.26. The van der Waals surface area contributed by atoms with E-state index in [1.54, 1.807) is 11.3 Å². The Hall–Kier alpha value is -2.28. The molecule has 1 saturated heterocycles. The Morgan fingerprint density at radius 1 is 1.36 bits per heavy atom. The summed E-state index contributed by atoms with van der Waals surface area (Å²) in [5.74, 6) is 1.44. The van der Waals surface area contributed by atoms with Gasteiger partial charge in [0.15, 0.2) is 5.65 Å². The van der Waals surface area contributed by atoms with Crippen molar-refractivity contribution in [2.45, 2.75) is 38.5 Å². The minimum absolute atomic E-state index is 0.228. The monoisotopic (exact) mass is 355 g/mol. The van der Waals surface area contributed by atoms with Gasteiger partial charge >= 0.3 is 0 Å². The van der Waals surface area contributed by atoms with E-state index in [2.05, 4.69) is 15.2 Å². The van der Waals surface area contributed by atoms with Crippen LogP contribution in [0.25, 0.3) is 5.65 Å². The summed E-state index contributed by atoms with van der Waals surface area (Å²) < 4.78 is 2.04. The molecule has 1 fully saturated rings. The minimum Gasteiger partial charge on any atom is -0.342 e. The number of thiazole rings is 1. The predicted octanol–water partition coefficient (Wildman–Crippen LogP) is 2.83. The maximum atomic E-state index is 12.7. The summed E-state index contributed by atoms with van der Waals surface area (Å²) in [7, 11) is 0. The molecule has 0 saturated carbocycles. The number of amides is 1. The lowest BCUT2D eigenvalue weighted by molar-refractivity contribution is -0.132. The third-order valence-corrected chi connectivity index (χ3v) is 5.88. The molecule has 0 aliphatic carbocycles. The van der Waals surface area contributed by atoms with Crippen molar-refractivity contribution in [1.82, 2.24) is 24.5 Å². The third kappa shape index (κ3) is 3.28. The van der Waals surface area contributed by atoms with Gasteiger partial charge in [-0.25, -0.2) is 4.98 Å². The standard InChI is InChI=1S/C18H21N5OS/c1-13-15(25-12-19-13)7-8-17(24)22-9-4-5-14(11-22)18-21-20-16-6-2-3-10-23(16)18/h2-3,6,10,12,14H,4-5,7-9,11H2,1H3. The molecule has 3 aromatic heterocycles. The van der Waals surface area contributed by atoms with Crippen molar-refractivity contribution in [2.75, 3.05) is 13.1 Å². The zero-order valence-corrected chi connectivity index (χ0v) is 15.1. The molecule has 7 heteroatoms. The van der Waals surface area contributed by atoms with Gasteiger partial charge in [-0.2, -0.15) is 0 Å². The first kappa shape index (κ1) is 16.2. The molecule has 0 N–H and O–H groups in total. The van der Waals surface area contributed by atoms with Gasteiger partial charge in [0.25, 0.3) is 0 Å². The molecule has 0 spiro atoms. The average Bonchev–Trinajstić information content (AvgIpc) is 3.26. The average molecular weight is 355 g/mol. The lowest BCUT2D eigenvalue weighted by Gasteiger charge is -2.32. The van der Waals surface area contributed by atoms with Crippen LogP contribution >= 0.6 is 11.3 Å². The second kappa shape index (κ2) is 6.92. The molecule has 1 unspecified atom stereocenters. The molecule has 1 atom stereocenters. The molecule has 4 rings (SSSR count).